The van der Waals surface area contributed by atoms with Crippen molar-refractivity contribution >= 4 is 34.8 Å². The zero-order valence-electron chi connectivity index (χ0n) is 11.4. The lowest BCUT2D eigenvalue weighted by Crippen LogP contribution is -2.27. The number of thiazole rings is 1. The van der Waals surface area contributed by atoms with Gasteiger partial charge in [-0.2, -0.15) is 0 Å². The van der Waals surface area contributed by atoms with E-state index in [1.165, 1.54) is 11.3 Å². The molecule has 2 amide bonds. The van der Waals surface area contributed by atoms with E-state index in [-0.39, 0.29) is 18.9 Å². The second kappa shape index (κ2) is 6.69. The van der Waals surface area contributed by atoms with Gasteiger partial charge in [-0.15, -0.1) is 11.3 Å². The highest BCUT2D eigenvalue weighted by atomic mass is 35.5. The van der Waals surface area contributed by atoms with Crippen molar-refractivity contribution in [3.05, 3.63) is 39.9 Å². The number of rotatable bonds is 5. The number of aryl methyl sites for hydroxylation is 1. The van der Waals surface area contributed by atoms with Crippen molar-refractivity contribution in [1.29, 1.82) is 0 Å². The average molecular weight is 324 g/mol. The molecule has 0 radical (unpaired) electrons. The quantitative estimate of drug-likeness (QED) is 0.885. The molecule has 1 aromatic carbocycles. The van der Waals surface area contributed by atoms with Crippen LogP contribution in [0, 0.1) is 6.92 Å². The van der Waals surface area contributed by atoms with E-state index in [1.807, 2.05) is 12.1 Å². The minimum Gasteiger partial charge on any atom is -0.370 e. The number of nitrogens with one attached hydrogen (secondary N) is 1. The van der Waals surface area contributed by atoms with Crippen LogP contribution >= 0.6 is 22.9 Å². The molecule has 0 saturated heterocycles. The predicted octanol–water partition coefficient (Wildman–Crippen LogP) is 2.38. The lowest BCUT2D eigenvalue weighted by Gasteiger charge is -2.01. The van der Waals surface area contributed by atoms with Crippen molar-refractivity contribution in [2.75, 3.05) is 6.54 Å². The van der Waals surface area contributed by atoms with E-state index < -0.39 is 5.91 Å². The molecule has 21 heavy (non-hydrogen) atoms. The Morgan fingerprint density at radius 3 is 2.62 bits per heavy atom. The number of hydrogen-bond acceptors (Lipinski definition) is 4. The van der Waals surface area contributed by atoms with Gasteiger partial charge in [0.1, 0.15) is 9.88 Å². The number of carbonyl (C=O) groups excluding carboxylic acids is 2. The molecule has 0 fully saturated rings. The summed E-state index contributed by atoms with van der Waals surface area (Å²) in [7, 11) is 0. The normalized spacial score (nSPS) is 10.4. The van der Waals surface area contributed by atoms with Crippen LogP contribution in [-0.4, -0.2) is 23.3 Å². The predicted molar refractivity (Wildman–Crippen MR) is 83.4 cm³/mol. The van der Waals surface area contributed by atoms with Gasteiger partial charge >= 0.3 is 0 Å². The molecule has 0 aliphatic heterocycles. The second-order valence-corrected chi connectivity index (χ2v) is 5.85. The number of benzene rings is 1. The number of hydrogen-bond donors (Lipinski definition) is 2. The lowest BCUT2D eigenvalue weighted by molar-refractivity contribution is -0.117. The molecular weight excluding hydrogens is 310 g/mol. The molecule has 0 bridgehead atoms. The molecule has 1 aromatic heterocycles. The van der Waals surface area contributed by atoms with Crippen LogP contribution in [0.4, 0.5) is 0 Å². The fourth-order valence-corrected chi connectivity index (χ4v) is 2.82. The van der Waals surface area contributed by atoms with Crippen molar-refractivity contribution in [3.63, 3.8) is 0 Å². The average Bonchev–Trinajstić information content (AvgIpc) is 2.81. The molecular formula is C14H14ClN3O2S. The zero-order chi connectivity index (χ0) is 15.4. The Bertz CT molecular complexity index is 667. The number of nitrogens with zero attached hydrogens (tertiary/aromatic N) is 1. The summed E-state index contributed by atoms with van der Waals surface area (Å²) in [6, 6.07) is 7.27. The third kappa shape index (κ3) is 4.03. The summed E-state index contributed by atoms with van der Waals surface area (Å²) in [6.07, 6.45) is 0.119. The molecule has 0 aliphatic carbocycles. The Morgan fingerprint density at radius 1 is 1.33 bits per heavy atom. The van der Waals surface area contributed by atoms with E-state index in [4.69, 9.17) is 17.3 Å². The topological polar surface area (TPSA) is 85.1 Å². The molecule has 0 atom stereocenters. The Morgan fingerprint density at radius 2 is 2.00 bits per heavy atom. The van der Waals surface area contributed by atoms with E-state index in [0.717, 1.165) is 10.6 Å². The summed E-state index contributed by atoms with van der Waals surface area (Å²) in [4.78, 5) is 27.6. The van der Waals surface area contributed by atoms with Gasteiger partial charge in [0.05, 0.1) is 5.69 Å². The van der Waals surface area contributed by atoms with E-state index in [1.54, 1.807) is 19.1 Å². The molecule has 5 nitrogen and oxygen atoms in total. The second-order valence-electron chi connectivity index (χ2n) is 4.41. The standard InChI is InChI=1S/C14H14ClN3O2S/c1-8-12(13(20)17-7-6-11(16)19)21-14(18-8)9-2-4-10(15)5-3-9/h2-5H,6-7H2,1H3,(H2,16,19)(H,17,20). The summed E-state index contributed by atoms with van der Waals surface area (Å²) in [5.41, 5.74) is 6.59. The zero-order valence-corrected chi connectivity index (χ0v) is 12.9. The van der Waals surface area contributed by atoms with Gasteiger partial charge in [0, 0.05) is 23.6 Å². The van der Waals surface area contributed by atoms with Crippen LogP contribution in [0.5, 0.6) is 0 Å². The molecule has 2 aromatic rings. The van der Waals surface area contributed by atoms with Gasteiger partial charge in [-0.25, -0.2) is 4.98 Å². The van der Waals surface area contributed by atoms with Crippen LogP contribution in [0.3, 0.4) is 0 Å². The summed E-state index contributed by atoms with van der Waals surface area (Å²) < 4.78 is 0. The molecule has 2 rings (SSSR count). The third-order valence-electron chi connectivity index (χ3n) is 2.75. The fraction of sp³-hybridized carbons (Fsp3) is 0.214. The lowest BCUT2D eigenvalue weighted by atomic mass is 10.2. The van der Waals surface area contributed by atoms with Crippen molar-refractivity contribution in [1.82, 2.24) is 10.3 Å². The Hall–Kier alpha value is -1.92. The van der Waals surface area contributed by atoms with Gasteiger partial charge in [0.15, 0.2) is 0 Å². The van der Waals surface area contributed by atoms with E-state index in [9.17, 15) is 9.59 Å². The molecule has 1 heterocycles. The number of aromatic nitrogens is 1. The molecule has 7 heteroatoms. The highest BCUT2D eigenvalue weighted by Crippen LogP contribution is 2.28. The fourth-order valence-electron chi connectivity index (χ4n) is 1.70. The largest absolute Gasteiger partial charge is 0.370 e. The SMILES string of the molecule is Cc1nc(-c2ccc(Cl)cc2)sc1C(=O)NCCC(N)=O. The number of primary amides is 1. The van der Waals surface area contributed by atoms with Crippen LogP contribution in [0.15, 0.2) is 24.3 Å². The third-order valence-corrected chi connectivity index (χ3v) is 4.21. The maximum Gasteiger partial charge on any atom is 0.263 e. The van der Waals surface area contributed by atoms with Crippen molar-refractivity contribution in [2.24, 2.45) is 5.73 Å². The molecule has 110 valence electrons. The summed E-state index contributed by atoms with van der Waals surface area (Å²) in [6.45, 7) is 2.00. The van der Waals surface area contributed by atoms with Gasteiger partial charge < -0.3 is 11.1 Å². The Labute approximate surface area is 131 Å². The summed E-state index contributed by atoms with van der Waals surface area (Å²) in [5.74, 6) is -0.690. The summed E-state index contributed by atoms with van der Waals surface area (Å²) >= 11 is 7.15. The van der Waals surface area contributed by atoms with Crippen LogP contribution in [0.1, 0.15) is 21.8 Å². The monoisotopic (exact) mass is 323 g/mol. The first-order valence-electron chi connectivity index (χ1n) is 6.27. The van der Waals surface area contributed by atoms with Crippen LogP contribution < -0.4 is 11.1 Å². The minimum absolute atomic E-state index is 0.119. The van der Waals surface area contributed by atoms with Crippen molar-refractivity contribution in [2.45, 2.75) is 13.3 Å². The molecule has 0 unspecified atom stereocenters. The Kier molecular flexibility index (Phi) is 4.93. The molecule has 0 aliphatic rings. The van der Waals surface area contributed by atoms with Gasteiger partial charge in [0.25, 0.3) is 5.91 Å². The highest BCUT2D eigenvalue weighted by Gasteiger charge is 2.16. The van der Waals surface area contributed by atoms with Crippen LogP contribution in [0.25, 0.3) is 10.6 Å². The molecule has 0 spiro atoms. The highest BCUT2D eigenvalue weighted by molar-refractivity contribution is 7.17. The Balaban J connectivity index is 2.13. The maximum absolute atomic E-state index is 12.0. The van der Waals surface area contributed by atoms with Crippen molar-refractivity contribution in [3.8, 4) is 10.6 Å². The van der Waals surface area contributed by atoms with Gasteiger partial charge in [-0.1, -0.05) is 23.7 Å². The van der Waals surface area contributed by atoms with Crippen molar-refractivity contribution < 1.29 is 9.59 Å². The van der Waals surface area contributed by atoms with Gasteiger partial charge in [0.2, 0.25) is 5.91 Å². The number of nitrogens with two attached hydrogens (primary N) is 1. The van der Waals surface area contributed by atoms with Crippen LogP contribution in [0.2, 0.25) is 5.02 Å². The van der Waals surface area contributed by atoms with E-state index >= 15 is 0 Å². The number of halogens is 1. The maximum atomic E-state index is 12.0. The van der Waals surface area contributed by atoms with Gasteiger partial charge in [-0.3, -0.25) is 9.59 Å². The van der Waals surface area contributed by atoms with Gasteiger partial charge in [-0.05, 0) is 19.1 Å². The van der Waals surface area contributed by atoms with E-state index in [2.05, 4.69) is 10.3 Å². The number of carbonyl (C=O) groups is 2. The summed E-state index contributed by atoms with van der Waals surface area (Å²) in [5, 5.41) is 4.06. The smallest absolute Gasteiger partial charge is 0.263 e. The first kappa shape index (κ1) is 15.5. The first-order chi connectivity index (χ1) is 9.97. The first-order valence-corrected chi connectivity index (χ1v) is 7.46. The molecule has 3 N–H and O–H groups in total. The molecule has 0 saturated carbocycles. The minimum atomic E-state index is -0.446. The van der Waals surface area contributed by atoms with E-state index in [0.29, 0.717) is 15.6 Å². The number of amides is 2. The van der Waals surface area contributed by atoms with Crippen LogP contribution in [-0.2, 0) is 4.79 Å².